The molecule has 0 aromatic rings. The van der Waals surface area contributed by atoms with Crippen LogP contribution in [0.4, 0.5) is 0 Å². The summed E-state index contributed by atoms with van der Waals surface area (Å²) in [7, 11) is 0. The molecule has 0 amide bonds. The first-order chi connectivity index (χ1) is 8.01. The molecule has 0 atom stereocenters. The zero-order chi connectivity index (χ0) is 12.2. The molecule has 0 aliphatic heterocycles. The summed E-state index contributed by atoms with van der Waals surface area (Å²) in [6.07, 6.45) is 7.15. The molecule has 0 aromatic heterocycles. The van der Waals surface area contributed by atoms with Gasteiger partial charge in [0, 0.05) is 0 Å². The molecule has 4 bridgehead atoms. The molecular formula is C16H23N. The minimum Gasteiger partial charge on any atom is -0.197 e. The summed E-state index contributed by atoms with van der Waals surface area (Å²) in [4.78, 5) is 0. The van der Waals surface area contributed by atoms with Crippen LogP contribution >= 0.6 is 0 Å². The summed E-state index contributed by atoms with van der Waals surface area (Å²) in [5, 5.41) is 9.31. The molecule has 4 fully saturated rings. The van der Waals surface area contributed by atoms with Crippen molar-refractivity contribution in [2.45, 2.75) is 46.0 Å². The van der Waals surface area contributed by atoms with Crippen LogP contribution in [-0.2, 0) is 0 Å². The third-order valence-corrected chi connectivity index (χ3v) is 5.71. The van der Waals surface area contributed by atoms with E-state index in [4.69, 9.17) is 0 Å². The number of nitrogens with zero attached hydrogens (tertiary/aromatic N) is 1. The van der Waals surface area contributed by atoms with E-state index < -0.39 is 0 Å². The van der Waals surface area contributed by atoms with Crippen LogP contribution in [-0.4, -0.2) is 0 Å². The first-order valence-corrected chi connectivity index (χ1v) is 7.11. The lowest BCUT2D eigenvalue weighted by Gasteiger charge is -2.56. The maximum Gasteiger partial charge on any atom is 0.0728 e. The van der Waals surface area contributed by atoms with E-state index in [0.717, 1.165) is 23.7 Å². The average Bonchev–Trinajstić information content (AvgIpc) is 2.27. The Hall–Kier alpha value is -0.770. The molecule has 4 aliphatic carbocycles. The van der Waals surface area contributed by atoms with E-state index in [0.29, 0.717) is 5.92 Å². The van der Waals surface area contributed by atoms with E-state index in [1.54, 1.807) is 0 Å². The van der Waals surface area contributed by atoms with Crippen LogP contribution in [0, 0.1) is 46.3 Å². The van der Waals surface area contributed by atoms with E-state index in [9.17, 15) is 5.26 Å². The molecule has 0 unspecified atom stereocenters. The van der Waals surface area contributed by atoms with Gasteiger partial charge in [0.05, 0.1) is 11.5 Å². The minimum atomic E-state index is -0.333. The summed E-state index contributed by atoms with van der Waals surface area (Å²) in [5.41, 5.74) is 0.897. The Morgan fingerprint density at radius 2 is 1.53 bits per heavy atom. The fourth-order valence-electron chi connectivity index (χ4n) is 4.98. The number of hydrogen-bond acceptors (Lipinski definition) is 1. The lowest BCUT2D eigenvalue weighted by molar-refractivity contribution is -0.0253. The molecular weight excluding hydrogens is 206 g/mol. The Bertz CT molecular complexity index is 357. The monoisotopic (exact) mass is 229 g/mol. The molecule has 0 N–H and O–H groups in total. The Morgan fingerprint density at radius 1 is 1.06 bits per heavy atom. The summed E-state index contributed by atoms with van der Waals surface area (Å²) < 4.78 is 0. The summed E-state index contributed by atoms with van der Waals surface area (Å²) >= 11 is 0. The third kappa shape index (κ3) is 1.65. The van der Waals surface area contributed by atoms with Crippen LogP contribution in [0.3, 0.4) is 0 Å². The second-order valence-corrected chi connectivity index (χ2v) is 7.22. The molecule has 1 nitrogen and oxygen atoms in total. The molecule has 4 aliphatic rings. The van der Waals surface area contributed by atoms with E-state index in [-0.39, 0.29) is 5.41 Å². The zero-order valence-corrected chi connectivity index (χ0v) is 11.1. The molecule has 0 radical (unpaired) electrons. The van der Waals surface area contributed by atoms with Gasteiger partial charge in [0.15, 0.2) is 0 Å². The second-order valence-electron chi connectivity index (χ2n) is 7.22. The van der Waals surface area contributed by atoms with Crippen molar-refractivity contribution in [1.29, 1.82) is 5.26 Å². The average molecular weight is 229 g/mol. The quantitative estimate of drug-likeness (QED) is 0.652. The van der Waals surface area contributed by atoms with Crippen molar-refractivity contribution in [1.82, 2.24) is 0 Å². The van der Waals surface area contributed by atoms with E-state index in [2.05, 4.69) is 12.6 Å². The minimum absolute atomic E-state index is 0.333. The van der Waals surface area contributed by atoms with Gasteiger partial charge in [0.2, 0.25) is 0 Å². The summed E-state index contributed by atoms with van der Waals surface area (Å²) in [6, 6.07) is 2.45. The maximum atomic E-state index is 9.31. The van der Waals surface area contributed by atoms with Crippen LogP contribution in [0.15, 0.2) is 12.2 Å². The molecule has 17 heavy (non-hydrogen) atoms. The van der Waals surface area contributed by atoms with Crippen LogP contribution in [0.2, 0.25) is 0 Å². The van der Waals surface area contributed by atoms with Crippen LogP contribution in [0.5, 0.6) is 0 Å². The number of rotatable bonds is 2. The van der Waals surface area contributed by atoms with Crippen LogP contribution < -0.4 is 0 Å². The van der Waals surface area contributed by atoms with Crippen molar-refractivity contribution in [3.63, 3.8) is 0 Å². The van der Waals surface area contributed by atoms with E-state index in [1.165, 1.54) is 37.7 Å². The van der Waals surface area contributed by atoms with Crippen molar-refractivity contribution in [3.8, 4) is 6.07 Å². The Balaban J connectivity index is 1.85. The predicted molar refractivity (Wildman–Crippen MR) is 69.1 cm³/mol. The predicted octanol–water partition coefficient (Wildman–Crippen LogP) is 4.16. The molecule has 0 spiro atoms. The normalized spacial score (nSPS) is 43.5. The second kappa shape index (κ2) is 3.61. The highest BCUT2D eigenvalue weighted by Crippen LogP contribution is 2.59. The van der Waals surface area contributed by atoms with E-state index in [1.807, 2.05) is 13.8 Å². The van der Waals surface area contributed by atoms with Gasteiger partial charge in [-0.2, -0.15) is 5.26 Å². The van der Waals surface area contributed by atoms with Gasteiger partial charge in [-0.25, -0.2) is 0 Å². The van der Waals surface area contributed by atoms with Crippen molar-refractivity contribution < 1.29 is 0 Å². The number of hydrogen-bond donors (Lipinski definition) is 0. The molecule has 92 valence electrons. The molecule has 0 aromatic carbocycles. The van der Waals surface area contributed by atoms with Gasteiger partial charge in [0.1, 0.15) is 0 Å². The Kier molecular flexibility index (Phi) is 2.41. The maximum absolute atomic E-state index is 9.31. The van der Waals surface area contributed by atoms with Crippen molar-refractivity contribution in [2.24, 2.45) is 35.0 Å². The topological polar surface area (TPSA) is 23.8 Å². The van der Waals surface area contributed by atoms with E-state index >= 15 is 0 Å². The fraction of sp³-hybridized carbons (Fsp3) is 0.812. The lowest BCUT2D eigenvalue weighted by Crippen LogP contribution is -2.47. The van der Waals surface area contributed by atoms with Crippen LogP contribution in [0.25, 0.3) is 0 Å². The Morgan fingerprint density at radius 3 is 1.94 bits per heavy atom. The zero-order valence-electron chi connectivity index (χ0n) is 11.1. The highest BCUT2D eigenvalue weighted by Gasteiger charge is 2.50. The smallest absolute Gasteiger partial charge is 0.0728 e. The third-order valence-electron chi connectivity index (χ3n) is 5.71. The SMILES string of the molecule is C=C(C1C2CC3CC(C2)CC1C3)C(C)(C)C#N. The summed E-state index contributed by atoms with van der Waals surface area (Å²) in [6.45, 7) is 8.40. The van der Waals surface area contributed by atoms with Crippen LogP contribution in [0.1, 0.15) is 46.0 Å². The first-order valence-electron chi connectivity index (χ1n) is 7.11. The largest absolute Gasteiger partial charge is 0.197 e. The van der Waals surface area contributed by atoms with Gasteiger partial charge in [-0.15, -0.1) is 0 Å². The van der Waals surface area contributed by atoms with Gasteiger partial charge < -0.3 is 0 Å². The molecule has 1 heteroatoms. The Labute approximate surface area is 105 Å². The fourth-order valence-corrected chi connectivity index (χ4v) is 4.98. The standard InChI is InChI=1S/C16H23N/c1-10(16(2,3)9-17)15-13-5-11-4-12(7-13)8-14(15)6-11/h11-15H,1,4-8H2,2-3H3. The van der Waals surface area contributed by atoms with Gasteiger partial charge in [-0.05, 0) is 75.5 Å². The molecule has 4 rings (SSSR count). The number of nitriles is 1. The number of allylic oxidation sites excluding steroid dienone is 1. The highest BCUT2D eigenvalue weighted by atomic mass is 14.5. The highest BCUT2D eigenvalue weighted by molar-refractivity contribution is 5.24. The molecule has 4 saturated carbocycles. The lowest BCUT2D eigenvalue weighted by atomic mass is 9.49. The summed E-state index contributed by atoms with van der Waals surface area (Å²) in [5.74, 6) is 4.37. The van der Waals surface area contributed by atoms with Crippen molar-refractivity contribution in [3.05, 3.63) is 12.2 Å². The van der Waals surface area contributed by atoms with Crippen molar-refractivity contribution >= 4 is 0 Å². The van der Waals surface area contributed by atoms with Gasteiger partial charge >= 0.3 is 0 Å². The molecule has 0 saturated heterocycles. The van der Waals surface area contributed by atoms with Crippen molar-refractivity contribution in [2.75, 3.05) is 0 Å². The van der Waals surface area contributed by atoms with Gasteiger partial charge in [0.25, 0.3) is 0 Å². The van der Waals surface area contributed by atoms with Gasteiger partial charge in [-0.3, -0.25) is 0 Å². The molecule has 0 heterocycles. The first kappa shape index (κ1) is 11.3. The van der Waals surface area contributed by atoms with Gasteiger partial charge in [-0.1, -0.05) is 12.2 Å².